The quantitative estimate of drug-likeness (QED) is 0.703. The molecule has 136 valence electrons. The van der Waals surface area contributed by atoms with Gasteiger partial charge in [-0.15, -0.1) is 0 Å². The highest BCUT2D eigenvalue weighted by Gasteiger charge is 2.64. The van der Waals surface area contributed by atoms with Crippen LogP contribution in [-0.4, -0.2) is 83.3 Å². The fourth-order valence-electron chi connectivity index (χ4n) is 5.09. The Balaban J connectivity index is 2.06. The predicted octanol–water partition coefficient (Wildman–Crippen LogP) is 0.639. The molecule has 3 aliphatic rings. The molecule has 0 aliphatic carbocycles. The Morgan fingerprint density at radius 1 is 0.958 bits per heavy atom. The summed E-state index contributed by atoms with van der Waals surface area (Å²) >= 11 is 0. The molecule has 3 heterocycles. The van der Waals surface area contributed by atoms with Crippen LogP contribution in [-0.2, 0) is 19.2 Å². The number of imide groups is 1. The van der Waals surface area contributed by atoms with Crippen molar-refractivity contribution in [1.29, 1.82) is 0 Å². The lowest BCUT2D eigenvalue weighted by molar-refractivity contribution is -0.228. The van der Waals surface area contributed by atoms with E-state index in [0.717, 1.165) is 13.1 Å². The van der Waals surface area contributed by atoms with Gasteiger partial charge in [-0.2, -0.15) is 5.06 Å². The van der Waals surface area contributed by atoms with Crippen molar-refractivity contribution >= 4 is 11.8 Å². The minimum absolute atomic E-state index is 0.00218. The van der Waals surface area contributed by atoms with E-state index in [1.165, 1.54) is 4.90 Å². The number of carbonyl (C=O) groups excluding carboxylic acids is 2. The molecular formula is C17H29N3O4. The summed E-state index contributed by atoms with van der Waals surface area (Å²) in [6, 6.07) is -0.240. The molecule has 24 heavy (non-hydrogen) atoms. The molecule has 7 heteroatoms. The van der Waals surface area contributed by atoms with Gasteiger partial charge in [-0.1, -0.05) is 0 Å². The van der Waals surface area contributed by atoms with Crippen LogP contribution in [0.25, 0.3) is 0 Å². The minimum atomic E-state index is -0.475. The average Bonchev–Trinajstić information content (AvgIpc) is 2.91. The normalized spacial score (nSPS) is 34.3. The molecule has 0 bridgehead atoms. The number of rotatable bonds is 3. The molecule has 3 fully saturated rings. The highest BCUT2D eigenvalue weighted by molar-refractivity contribution is 6.02. The van der Waals surface area contributed by atoms with Gasteiger partial charge in [0.05, 0.1) is 43.5 Å². The fourth-order valence-corrected chi connectivity index (χ4v) is 5.09. The van der Waals surface area contributed by atoms with E-state index in [4.69, 9.17) is 9.57 Å². The Hall–Kier alpha value is -1.02. The molecule has 0 aromatic heterocycles. The lowest BCUT2D eigenvalue weighted by Crippen LogP contribution is -2.62. The maximum atomic E-state index is 12.5. The van der Waals surface area contributed by atoms with Gasteiger partial charge in [-0.25, -0.2) is 0 Å². The number of hydroxylamine groups is 2. The van der Waals surface area contributed by atoms with Crippen molar-refractivity contribution in [3.05, 3.63) is 0 Å². The summed E-state index contributed by atoms with van der Waals surface area (Å²) in [7, 11) is 1.66. The molecular weight excluding hydrogens is 310 g/mol. The van der Waals surface area contributed by atoms with Gasteiger partial charge >= 0.3 is 0 Å². The van der Waals surface area contributed by atoms with Gasteiger partial charge in [0.15, 0.2) is 0 Å². The van der Waals surface area contributed by atoms with Crippen molar-refractivity contribution < 1.29 is 19.2 Å². The van der Waals surface area contributed by atoms with Gasteiger partial charge in [0, 0.05) is 25.9 Å². The molecule has 2 atom stereocenters. The molecule has 3 rings (SSSR count). The van der Waals surface area contributed by atoms with Crippen LogP contribution in [0, 0.1) is 0 Å². The summed E-state index contributed by atoms with van der Waals surface area (Å²) in [6.07, 6.45) is 0.628. The number of ether oxygens (including phenoxy) is 1. The second-order valence-electron chi connectivity index (χ2n) is 7.98. The molecule has 0 N–H and O–H groups in total. The van der Waals surface area contributed by atoms with Crippen LogP contribution in [0.4, 0.5) is 0 Å². The summed E-state index contributed by atoms with van der Waals surface area (Å²) < 4.78 is 5.50. The van der Waals surface area contributed by atoms with E-state index in [2.05, 4.69) is 32.6 Å². The van der Waals surface area contributed by atoms with Gasteiger partial charge in [-0.3, -0.25) is 19.4 Å². The first-order chi connectivity index (χ1) is 11.2. The summed E-state index contributed by atoms with van der Waals surface area (Å²) in [4.78, 5) is 34.6. The van der Waals surface area contributed by atoms with Crippen LogP contribution in [0.15, 0.2) is 0 Å². The number of amides is 2. The molecule has 7 nitrogen and oxygen atoms in total. The van der Waals surface area contributed by atoms with Crippen molar-refractivity contribution in [1.82, 2.24) is 14.9 Å². The number of likely N-dealkylation sites (tertiary alicyclic amines) is 1. The Kier molecular flexibility index (Phi) is 4.49. The van der Waals surface area contributed by atoms with Crippen molar-refractivity contribution in [3.63, 3.8) is 0 Å². The first-order valence-corrected chi connectivity index (χ1v) is 8.74. The van der Waals surface area contributed by atoms with E-state index >= 15 is 0 Å². The molecule has 0 spiro atoms. The summed E-state index contributed by atoms with van der Waals surface area (Å²) in [6.45, 7) is 11.3. The lowest BCUT2D eigenvalue weighted by atomic mass is 9.86. The standard InChI is InChI=1S/C17H29N3O4/c1-16(2)14(18-8-10-24-11-9-18)15(17(3,4)20(16)23-5)19-12(21)6-7-13(19)22/h14-15H,6-11H2,1-5H3. The third-order valence-electron chi connectivity index (χ3n) is 5.78. The summed E-state index contributed by atoms with van der Waals surface area (Å²) in [5.74, 6) is -0.129. The Morgan fingerprint density at radius 3 is 1.96 bits per heavy atom. The van der Waals surface area contributed by atoms with Gasteiger partial charge in [0.1, 0.15) is 0 Å². The van der Waals surface area contributed by atoms with E-state index < -0.39 is 5.54 Å². The summed E-state index contributed by atoms with van der Waals surface area (Å²) in [5, 5.41) is 1.96. The van der Waals surface area contributed by atoms with Gasteiger partial charge in [-0.05, 0) is 27.7 Å². The Labute approximate surface area is 143 Å². The Bertz CT molecular complexity index is 512. The zero-order chi connectivity index (χ0) is 17.7. The van der Waals surface area contributed by atoms with E-state index in [-0.39, 0.29) is 29.4 Å². The summed E-state index contributed by atoms with van der Waals surface area (Å²) in [5.41, 5.74) is -0.819. The molecule has 0 saturated carbocycles. The van der Waals surface area contributed by atoms with E-state index in [1.54, 1.807) is 7.11 Å². The van der Waals surface area contributed by atoms with Crippen LogP contribution in [0.2, 0.25) is 0 Å². The molecule has 2 unspecified atom stereocenters. The van der Waals surface area contributed by atoms with E-state index in [1.807, 2.05) is 5.06 Å². The van der Waals surface area contributed by atoms with Crippen LogP contribution < -0.4 is 0 Å². The average molecular weight is 339 g/mol. The fraction of sp³-hybridized carbons (Fsp3) is 0.882. The minimum Gasteiger partial charge on any atom is -0.379 e. The van der Waals surface area contributed by atoms with Crippen molar-refractivity contribution in [3.8, 4) is 0 Å². The predicted molar refractivity (Wildman–Crippen MR) is 88.1 cm³/mol. The van der Waals surface area contributed by atoms with Crippen molar-refractivity contribution in [2.24, 2.45) is 0 Å². The SMILES string of the molecule is CON1C(C)(C)C(N2CCOCC2)C(N2C(=O)CCC2=O)C1(C)C. The zero-order valence-electron chi connectivity index (χ0n) is 15.4. The molecule has 2 amide bonds. The smallest absolute Gasteiger partial charge is 0.230 e. The Morgan fingerprint density at radius 2 is 1.46 bits per heavy atom. The molecule has 3 aliphatic heterocycles. The molecule has 0 aromatic carbocycles. The molecule has 0 radical (unpaired) electrons. The third kappa shape index (κ3) is 2.49. The van der Waals surface area contributed by atoms with E-state index in [9.17, 15) is 9.59 Å². The number of hydrogen-bond donors (Lipinski definition) is 0. The van der Waals surface area contributed by atoms with Crippen LogP contribution in [0.5, 0.6) is 0 Å². The number of morpholine rings is 1. The van der Waals surface area contributed by atoms with Crippen LogP contribution in [0.1, 0.15) is 40.5 Å². The van der Waals surface area contributed by atoms with Crippen LogP contribution in [0.3, 0.4) is 0 Å². The first kappa shape index (κ1) is 17.8. The third-order valence-corrected chi connectivity index (χ3v) is 5.78. The maximum absolute atomic E-state index is 12.5. The van der Waals surface area contributed by atoms with Crippen LogP contribution >= 0.6 is 0 Å². The number of carbonyl (C=O) groups is 2. The van der Waals surface area contributed by atoms with Gasteiger partial charge in [0.25, 0.3) is 0 Å². The topological polar surface area (TPSA) is 62.3 Å². The van der Waals surface area contributed by atoms with Gasteiger partial charge < -0.3 is 9.57 Å². The maximum Gasteiger partial charge on any atom is 0.230 e. The highest BCUT2D eigenvalue weighted by atomic mass is 16.7. The lowest BCUT2D eigenvalue weighted by Gasteiger charge is -2.44. The monoisotopic (exact) mass is 339 g/mol. The first-order valence-electron chi connectivity index (χ1n) is 8.74. The van der Waals surface area contributed by atoms with Gasteiger partial charge in [0.2, 0.25) is 11.8 Å². The van der Waals surface area contributed by atoms with Crippen molar-refractivity contribution in [2.45, 2.75) is 63.7 Å². The number of hydrogen-bond acceptors (Lipinski definition) is 6. The molecule has 0 aromatic rings. The highest BCUT2D eigenvalue weighted by Crippen LogP contribution is 2.47. The second-order valence-corrected chi connectivity index (χ2v) is 7.98. The zero-order valence-corrected chi connectivity index (χ0v) is 15.4. The number of nitrogens with zero attached hydrogens (tertiary/aromatic N) is 3. The largest absolute Gasteiger partial charge is 0.379 e. The second kappa shape index (κ2) is 6.05. The van der Waals surface area contributed by atoms with E-state index in [0.29, 0.717) is 26.1 Å². The molecule has 3 saturated heterocycles. The van der Waals surface area contributed by atoms with Crippen molar-refractivity contribution in [2.75, 3.05) is 33.4 Å².